The van der Waals surface area contributed by atoms with E-state index in [1.54, 1.807) is 9.13 Å². The molecule has 2 N–H and O–H groups in total. The van der Waals surface area contributed by atoms with E-state index in [1.165, 1.54) is 0 Å². The molecule has 0 saturated heterocycles. The Morgan fingerprint density at radius 2 is 1.76 bits per heavy atom. The van der Waals surface area contributed by atoms with Crippen molar-refractivity contribution < 1.29 is 9.90 Å². The number of nitrogens with one attached hydrogen (secondary N) is 1. The highest BCUT2D eigenvalue weighted by atomic mass is 16.3. The number of para-hydroxylation sites is 2. The fraction of sp³-hybridized carbons (Fsp3) is 0.579. The van der Waals surface area contributed by atoms with Crippen molar-refractivity contribution in [3.8, 4) is 0 Å². The van der Waals surface area contributed by atoms with Crippen molar-refractivity contribution in [1.82, 2.24) is 14.5 Å². The van der Waals surface area contributed by atoms with Crippen LogP contribution in [0.5, 0.6) is 0 Å². The number of aromatic nitrogens is 2. The van der Waals surface area contributed by atoms with Gasteiger partial charge in [-0.1, -0.05) is 31.9 Å². The summed E-state index contributed by atoms with van der Waals surface area (Å²) < 4.78 is 3.45. The van der Waals surface area contributed by atoms with Gasteiger partial charge in [-0.05, 0) is 31.4 Å². The number of imidazole rings is 1. The lowest BCUT2D eigenvalue weighted by Gasteiger charge is -2.22. The summed E-state index contributed by atoms with van der Waals surface area (Å²) in [5, 5.41) is 13.1. The Morgan fingerprint density at radius 1 is 1.16 bits per heavy atom. The molecule has 0 spiro atoms. The number of carbonyl (C=O) groups is 1. The van der Waals surface area contributed by atoms with Crippen LogP contribution in [0.1, 0.15) is 45.4 Å². The zero-order valence-electron chi connectivity index (χ0n) is 14.8. The van der Waals surface area contributed by atoms with Crippen molar-refractivity contribution in [2.75, 3.05) is 6.54 Å². The van der Waals surface area contributed by atoms with E-state index in [-0.39, 0.29) is 18.0 Å². The summed E-state index contributed by atoms with van der Waals surface area (Å²) >= 11 is 0. The molecule has 25 heavy (non-hydrogen) atoms. The molecule has 1 heterocycles. The molecule has 1 saturated carbocycles. The molecule has 136 valence electrons. The molecule has 1 aliphatic carbocycles. The standard InChI is InChI=1S/C19H27N3O3/c1-2-12-21-15-7-3-4-8-16(15)22(18(21)24)13-9-17(23)20-14-19(25)10-5-6-11-19/h3-4,7-8,25H,2,5-6,9-14H2,1H3,(H,20,23). The van der Waals surface area contributed by atoms with Gasteiger partial charge in [0.2, 0.25) is 5.91 Å². The summed E-state index contributed by atoms with van der Waals surface area (Å²) in [6.07, 6.45) is 4.63. The van der Waals surface area contributed by atoms with Gasteiger partial charge in [0.25, 0.3) is 0 Å². The van der Waals surface area contributed by atoms with Gasteiger partial charge in [0.15, 0.2) is 0 Å². The first-order chi connectivity index (χ1) is 12.0. The molecule has 0 atom stereocenters. The Balaban J connectivity index is 1.67. The number of hydrogen-bond donors (Lipinski definition) is 2. The van der Waals surface area contributed by atoms with Gasteiger partial charge in [-0.25, -0.2) is 4.79 Å². The Labute approximate surface area is 147 Å². The van der Waals surface area contributed by atoms with Crippen LogP contribution in [0.15, 0.2) is 29.1 Å². The smallest absolute Gasteiger partial charge is 0.329 e. The molecule has 6 nitrogen and oxygen atoms in total. The van der Waals surface area contributed by atoms with Gasteiger partial charge >= 0.3 is 5.69 Å². The summed E-state index contributed by atoms with van der Waals surface area (Å²) in [5.74, 6) is -0.125. The summed E-state index contributed by atoms with van der Waals surface area (Å²) in [6, 6.07) is 7.69. The van der Waals surface area contributed by atoms with E-state index < -0.39 is 5.60 Å². The summed E-state index contributed by atoms with van der Waals surface area (Å²) in [6.45, 7) is 3.37. The van der Waals surface area contributed by atoms with Crippen molar-refractivity contribution in [1.29, 1.82) is 0 Å². The molecule has 0 bridgehead atoms. The molecule has 1 aromatic carbocycles. The zero-order chi connectivity index (χ0) is 17.9. The number of hydrogen-bond acceptors (Lipinski definition) is 3. The van der Waals surface area contributed by atoms with E-state index >= 15 is 0 Å². The van der Waals surface area contributed by atoms with E-state index in [0.29, 0.717) is 19.6 Å². The van der Waals surface area contributed by atoms with Crippen molar-refractivity contribution in [2.24, 2.45) is 0 Å². The van der Waals surface area contributed by atoms with E-state index in [1.807, 2.05) is 31.2 Å². The van der Waals surface area contributed by atoms with Crippen LogP contribution in [0.3, 0.4) is 0 Å². The van der Waals surface area contributed by atoms with Crippen LogP contribution in [0, 0.1) is 0 Å². The van der Waals surface area contributed by atoms with Crippen molar-refractivity contribution in [2.45, 2.75) is 64.1 Å². The number of fused-ring (bicyclic) bond motifs is 1. The topological polar surface area (TPSA) is 76.3 Å². The molecular formula is C19H27N3O3. The number of carbonyl (C=O) groups excluding carboxylic acids is 1. The van der Waals surface area contributed by atoms with Gasteiger partial charge in [-0.15, -0.1) is 0 Å². The van der Waals surface area contributed by atoms with Crippen LogP contribution >= 0.6 is 0 Å². The second-order valence-electron chi connectivity index (χ2n) is 7.03. The van der Waals surface area contributed by atoms with E-state index in [9.17, 15) is 14.7 Å². The number of rotatable bonds is 7. The average molecular weight is 345 g/mol. The lowest BCUT2D eigenvalue weighted by atomic mass is 10.0. The first-order valence-corrected chi connectivity index (χ1v) is 9.21. The van der Waals surface area contributed by atoms with Gasteiger partial charge in [0, 0.05) is 26.1 Å². The van der Waals surface area contributed by atoms with Gasteiger partial charge in [-0.2, -0.15) is 0 Å². The van der Waals surface area contributed by atoms with Gasteiger partial charge in [0.05, 0.1) is 16.6 Å². The van der Waals surface area contributed by atoms with Gasteiger partial charge in [0.1, 0.15) is 0 Å². The van der Waals surface area contributed by atoms with E-state index in [4.69, 9.17) is 0 Å². The Kier molecular flexibility index (Phi) is 5.27. The summed E-state index contributed by atoms with van der Waals surface area (Å²) in [7, 11) is 0. The van der Waals surface area contributed by atoms with Crippen molar-refractivity contribution in [3.05, 3.63) is 34.7 Å². The maximum Gasteiger partial charge on any atom is 0.329 e. The SMILES string of the molecule is CCCn1c(=O)n(CCC(=O)NCC2(O)CCCC2)c2ccccc21. The molecule has 1 fully saturated rings. The normalized spacial score (nSPS) is 16.4. The monoisotopic (exact) mass is 345 g/mol. The third kappa shape index (κ3) is 3.79. The fourth-order valence-electron chi connectivity index (χ4n) is 3.70. The molecule has 3 rings (SSSR count). The minimum absolute atomic E-state index is 0.0646. The van der Waals surface area contributed by atoms with Crippen molar-refractivity contribution >= 4 is 16.9 Å². The third-order valence-electron chi connectivity index (χ3n) is 5.08. The Hall–Kier alpha value is -2.08. The number of amides is 1. The minimum Gasteiger partial charge on any atom is -0.388 e. The molecule has 0 radical (unpaired) electrons. The quantitative estimate of drug-likeness (QED) is 0.806. The van der Waals surface area contributed by atoms with Crippen LogP contribution in [0.2, 0.25) is 0 Å². The van der Waals surface area contributed by atoms with E-state index in [2.05, 4.69) is 5.32 Å². The van der Waals surface area contributed by atoms with Crippen LogP contribution < -0.4 is 11.0 Å². The molecule has 6 heteroatoms. The largest absolute Gasteiger partial charge is 0.388 e. The highest BCUT2D eigenvalue weighted by molar-refractivity contribution is 5.78. The van der Waals surface area contributed by atoms with Crippen LogP contribution in [-0.4, -0.2) is 32.3 Å². The Morgan fingerprint density at radius 3 is 2.36 bits per heavy atom. The minimum atomic E-state index is -0.746. The molecule has 1 aromatic heterocycles. The predicted octanol–water partition coefficient (Wildman–Crippen LogP) is 2.02. The second-order valence-corrected chi connectivity index (χ2v) is 7.03. The Bertz CT molecular complexity index is 800. The van der Waals surface area contributed by atoms with Crippen molar-refractivity contribution in [3.63, 3.8) is 0 Å². The first-order valence-electron chi connectivity index (χ1n) is 9.21. The number of benzene rings is 1. The number of nitrogens with zero attached hydrogens (tertiary/aromatic N) is 2. The summed E-state index contributed by atoms with van der Waals surface area (Å²) in [5.41, 5.74) is 0.965. The molecule has 1 aliphatic rings. The maximum absolute atomic E-state index is 12.7. The molecular weight excluding hydrogens is 318 g/mol. The fourth-order valence-corrected chi connectivity index (χ4v) is 3.70. The second kappa shape index (κ2) is 7.44. The van der Waals surface area contributed by atoms with Crippen LogP contribution in [0.25, 0.3) is 11.0 Å². The zero-order valence-corrected chi connectivity index (χ0v) is 14.8. The lowest BCUT2D eigenvalue weighted by Crippen LogP contribution is -2.41. The molecule has 0 unspecified atom stereocenters. The molecule has 0 aliphatic heterocycles. The average Bonchev–Trinajstić information content (AvgIpc) is 3.15. The molecule has 1 amide bonds. The van der Waals surface area contributed by atoms with Crippen LogP contribution in [0.4, 0.5) is 0 Å². The first kappa shape index (κ1) is 17.7. The number of aliphatic hydroxyl groups is 1. The molecule has 2 aromatic rings. The summed E-state index contributed by atoms with van der Waals surface area (Å²) in [4.78, 5) is 24.8. The maximum atomic E-state index is 12.7. The predicted molar refractivity (Wildman–Crippen MR) is 97.5 cm³/mol. The van der Waals surface area contributed by atoms with Crippen LogP contribution in [-0.2, 0) is 17.9 Å². The highest BCUT2D eigenvalue weighted by Gasteiger charge is 2.31. The lowest BCUT2D eigenvalue weighted by molar-refractivity contribution is -0.122. The number of aryl methyl sites for hydroxylation is 2. The highest BCUT2D eigenvalue weighted by Crippen LogP contribution is 2.28. The third-order valence-corrected chi connectivity index (χ3v) is 5.08. The van der Waals surface area contributed by atoms with Gasteiger partial charge < -0.3 is 10.4 Å². The van der Waals surface area contributed by atoms with Gasteiger partial charge in [-0.3, -0.25) is 13.9 Å². The van der Waals surface area contributed by atoms with E-state index in [0.717, 1.165) is 43.1 Å².